The standard InChI is InChI=1S/C11H11N5O3S/c1-12-9(17)6-20-11-13-14-15-16(11)8-4-2-7(3-5-8)10(18)19/h2-5H,6H2,1H3,(H,12,17)(H,18,19). The minimum Gasteiger partial charge on any atom is -0.478 e. The predicted octanol–water partition coefficient (Wildman–Crippen LogP) is 0.199. The monoisotopic (exact) mass is 293 g/mol. The Morgan fingerprint density at radius 3 is 2.65 bits per heavy atom. The second-order valence-corrected chi connectivity index (χ2v) is 4.63. The highest BCUT2D eigenvalue weighted by Crippen LogP contribution is 2.18. The summed E-state index contributed by atoms with van der Waals surface area (Å²) < 4.78 is 1.44. The lowest BCUT2D eigenvalue weighted by atomic mass is 10.2. The molecule has 20 heavy (non-hydrogen) atoms. The van der Waals surface area contributed by atoms with Gasteiger partial charge in [0.1, 0.15) is 0 Å². The van der Waals surface area contributed by atoms with E-state index in [4.69, 9.17) is 5.11 Å². The fourth-order valence-corrected chi connectivity index (χ4v) is 2.14. The molecule has 2 aromatic rings. The second-order valence-electron chi connectivity index (χ2n) is 3.69. The summed E-state index contributed by atoms with van der Waals surface area (Å²) in [7, 11) is 1.55. The van der Waals surface area contributed by atoms with Crippen LogP contribution in [0.3, 0.4) is 0 Å². The van der Waals surface area contributed by atoms with E-state index in [1.807, 2.05) is 0 Å². The van der Waals surface area contributed by atoms with Crippen molar-refractivity contribution >= 4 is 23.6 Å². The molecule has 2 N–H and O–H groups in total. The number of aromatic carboxylic acids is 1. The van der Waals surface area contributed by atoms with Crippen LogP contribution in [0.1, 0.15) is 10.4 Å². The Morgan fingerprint density at radius 2 is 2.05 bits per heavy atom. The molecule has 9 heteroatoms. The first-order valence-electron chi connectivity index (χ1n) is 5.57. The van der Waals surface area contributed by atoms with Crippen LogP contribution in [0.4, 0.5) is 0 Å². The number of carbonyl (C=O) groups is 2. The van der Waals surface area contributed by atoms with Crippen molar-refractivity contribution in [2.45, 2.75) is 5.16 Å². The van der Waals surface area contributed by atoms with Gasteiger partial charge in [-0.3, -0.25) is 4.79 Å². The molecule has 0 saturated carbocycles. The number of hydrogen-bond donors (Lipinski definition) is 2. The number of carboxylic acids is 1. The number of nitrogens with zero attached hydrogens (tertiary/aromatic N) is 4. The van der Waals surface area contributed by atoms with Gasteiger partial charge in [-0.2, -0.15) is 4.68 Å². The first kappa shape index (κ1) is 14.0. The maximum absolute atomic E-state index is 11.2. The quantitative estimate of drug-likeness (QED) is 0.757. The Kier molecular flexibility index (Phi) is 4.31. The molecular formula is C11H11N5O3S. The van der Waals surface area contributed by atoms with Gasteiger partial charge in [0, 0.05) is 7.05 Å². The van der Waals surface area contributed by atoms with E-state index in [0.717, 1.165) is 0 Å². The van der Waals surface area contributed by atoms with Crippen molar-refractivity contribution in [2.75, 3.05) is 12.8 Å². The van der Waals surface area contributed by atoms with Gasteiger partial charge in [-0.1, -0.05) is 11.8 Å². The van der Waals surface area contributed by atoms with Gasteiger partial charge in [-0.25, -0.2) is 4.79 Å². The number of benzene rings is 1. The molecule has 1 aromatic heterocycles. The van der Waals surface area contributed by atoms with E-state index in [0.29, 0.717) is 10.8 Å². The summed E-state index contributed by atoms with van der Waals surface area (Å²) in [5.74, 6) is -0.933. The van der Waals surface area contributed by atoms with Crippen molar-refractivity contribution in [3.8, 4) is 5.69 Å². The number of tetrazole rings is 1. The molecule has 0 atom stereocenters. The lowest BCUT2D eigenvalue weighted by Crippen LogP contribution is -2.20. The molecule has 0 fully saturated rings. The molecule has 1 amide bonds. The van der Waals surface area contributed by atoms with Crippen LogP contribution in [0.5, 0.6) is 0 Å². The third kappa shape index (κ3) is 3.12. The van der Waals surface area contributed by atoms with Gasteiger partial charge in [0.2, 0.25) is 11.1 Å². The third-order valence-electron chi connectivity index (χ3n) is 2.41. The van der Waals surface area contributed by atoms with E-state index < -0.39 is 5.97 Å². The molecule has 0 unspecified atom stereocenters. The van der Waals surface area contributed by atoms with E-state index >= 15 is 0 Å². The number of rotatable bonds is 5. The predicted molar refractivity (Wildman–Crippen MR) is 70.9 cm³/mol. The summed E-state index contributed by atoms with van der Waals surface area (Å²) in [5.41, 5.74) is 0.806. The molecular weight excluding hydrogens is 282 g/mol. The highest BCUT2D eigenvalue weighted by Gasteiger charge is 2.11. The van der Waals surface area contributed by atoms with Gasteiger partial charge in [0.15, 0.2) is 0 Å². The van der Waals surface area contributed by atoms with Gasteiger partial charge in [0.25, 0.3) is 0 Å². The van der Waals surface area contributed by atoms with E-state index in [9.17, 15) is 9.59 Å². The normalized spacial score (nSPS) is 10.2. The van der Waals surface area contributed by atoms with Crippen molar-refractivity contribution in [3.63, 3.8) is 0 Å². The lowest BCUT2D eigenvalue weighted by molar-refractivity contribution is -0.118. The Morgan fingerprint density at radius 1 is 1.35 bits per heavy atom. The van der Waals surface area contributed by atoms with Crippen LogP contribution in [0.25, 0.3) is 5.69 Å². The smallest absolute Gasteiger partial charge is 0.335 e. The van der Waals surface area contributed by atoms with Crippen molar-refractivity contribution in [1.82, 2.24) is 25.5 Å². The van der Waals surface area contributed by atoms with Crippen molar-refractivity contribution < 1.29 is 14.7 Å². The number of carbonyl (C=O) groups excluding carboxylic acids is 1. The van der Waals surface area contributed by atoms with Gasteiger partial charge in [-0.05, 0) is 34.7 Å². The fourth-order valence-electron chi connectivity index (χ4n) is 1.38. The van der Waals surface area contributed by atoms with Gasteiger partial charge < -0.3 is 10.4 Å². The van der Waals surface area contributed by atoms with Gasteiger partial charge in [0.05, 0.1) is 17.0 Å². The number of aromatic nitrogens is 4. The topological polar surface area (TPSA) is 110 Å². The second kappa shape index (κ2) is 6.15. The summed E-state index contributed by atoms with van der Waals surface area (Å²) in [6, 6.07) is 6.13. The van der Waals surface area contributed by atoms with Crippen LogP contribution in [0.2, 0.25) is 0 Å². The maximum Gasteiger partial charge on any atom is 0.335 e. The summed E-state index contributed by atoms with van der Waals surface area (Å²) in [6.07, 6.45) is 0. The summed E-state index contributed by atoms with van der Waals surface area (Å²) in [5, 5.41) is 23.0. The highest BCUT2D eigenvalue weighted by atomic mass is 32.2. The first-order valence-corrected chi connectivity index (χ1v) is 6.56. The van der Waals surface area contributed by atoms with Crippen LogP contribution < -0.4 is 5.32 Å². The maximum atomic E-state index is 11.2. The lowest BCUT2D eigenvalue weighted by Gasteiger charge is -2.04. The largest absolute Gasteiger partial charge is 0.478 e. The van der Waals surface area contributed by atoms with Crippen LogP contribution in [0, 0.1) is 0 Å². The molecule has 0 bridgehead atoms. The Balaban J connectivity index is 2.18. The zero-order valence-corrected chi connectivity index (χ0v) is 11.3. The van der Waals surface area contributed by atoms with Gasteiger partial charge in [-0.15, -0.1) is 5.10 Å². The number of hydrogen-bond acceptors (Lipinski definition) is 6. The van der Waals surface area contributed by atoms with Crippen LogP contribution in [0.15, 0.2) is 29.4 Å². The molecule has 0 radical (unpaired) electrons. The van der Waals surface area contributed by atoms with Crippen LogP contribution in [-0.4, -0.2) is 50.0 Å². The molecule has 1 heterocycles. The minimum atomic E-state index is -0.998. The summed E-state index contributed by atoms with van der Waals surface area (Å²) in [4.78, 5) is 22.0. The molecule has 0 aliphatic rings. The van der Waals surface area contributed by atoms with E-state index in [2.05, 4.69) is 20.8 Å². The number of carboxylic acid groups (broad SMARTS) is 1. The third-order valence-corrected chi connectivity index (χ3v) is 3.33. The molecule has 104 valence electrons. The average molecular weight is 293 g/mol. The molecule has 1 aromatic carbocycles. The minimum absolute atomic E-state index is 0.134. The molecule has 0 aliphatic carbocycles. The van der Waals surface area contributed by atoms with Gasteiger partial charge >= 0.3 is 5.97 Å². The van der Waals surface area contributed by atoms with E-state index in [1.165, 1.54) is 28.6 Å². The number of thioether (sulfide) groups is 1. The van der Waals surface area contributed by atoms with Crippen molar-refractivity contribution in [3.05, 3.63) is 29.8 Å². The Hall–Kier alpha value is -2.42. The van der Waals surface area contributed by atoms with E-state index in [1.54, 1.807) is 19.2 Å². The number of nitrogens with one attached hydrogen (secondary N) is 1. The molecule has 0 aliphatic heterocycles. The molecule has 0 saturated heterocycles. The highest BCUT2D eigenvalue weighted by molar-refractivity contribution is 7.99. The Bertz CT molecular complexity index is 625. The molecule has 0 spiro atoms. The summed E-state index contributed by atoms with van der Waals surface area (Å²) >= 11 is 1.19. The first-order chi connectivity index (χ1) is 9.61. The fraction of sp³-hybridized carbons (Fsp3) is 0.182. The molecule has 8 nitrogen and oxygen atoms in total. The van der Waals surface area contributed by atoms with Crippen molar-refractivity contribution in [1.29, 1.82) is 0 Å². The average Bonchev–Trinajstić information content (AvgIpc) is 2.93. The zero-order chi connectivity index (χ0) is 14.5. The zero-order valence-electron chi connectivity index (χ0n) is 10.5. The van der Waals surface area contributed by atoms with Crippen LogP contribution >= 0.6 is 11.8 Å². The van der Waals surface area contributed by atoms with E-state index in [-0.39, 0.29) is 17.2 Å². The molecule has 2 rings (SSSR count). The Labute approximate surface area is 118 Å². The van der Waals surface area contributed by atoms with Crippen molar-refractivity contribution in [2.24, 2.45) is 0 Å². The SMILES string of the molecule is CNC(=O)CSc1nnnn1-c1ccc(C(=O)O)cc1. The summed E-state index contributed by atoms with van der Waals surface area (Å²) in [6.45, 7) is 0. The van der Waals surface area contributed by atoms with Crippen LogP contribution in [-0.2, 0) is 4.79 Å². The number of amides is 1.